The van der Waals surface area contributed by atoms with Gasteiger partial charge in [-0.25, -0.2) is 4.98 Å². The van der Waals surface area contributed by atoms with Crippen LogP contribution in [-0.2, 0) is 36.6 Å². The van der Waals surface area contributed by atoms with Gasteiger partial charge in [-0.05, 0) is 93.4 Å². The molecule has 0 unspecified atom stereocenters. The topological polar surface area (TPSA) is 48.6 Å². The van der Waals surface area contributed by atoms with Gasteiger partial charge in [0.2, 0.25) is 0 Å². The maximum absolute atomic E-state index is 7.06. The fraction of sp³-hybridized carbons (Fsp3) is 0.444. The molecule has 0 amide bonds. The Balaban J connectivity index is 0.00000544. The molecule has 0 spiro atoms. The Labute approximate surface area is 373 Å². The van der Waals surface area contributed by atoms with E-state index in [9.17, 15) is 0 Å². The predicted molar refractivity (Wildman–Crippen MR) is 246 cm³/mol. The Kier molecular flexibility index (Phi) is 11.4. The smallest absolute Gasteiger partial charge is 0.518 e. The third-order valence-corrected chi connectivity index (χ3v) is 13.2. The number of pyridine rings is 1. The predicted octanol–water partition coefficient (Wildman–Crippen LogP) is 14.2. The van der Waals surface area contributed by atoms with Crippen molar-refractivity contribution in [3.8, 4) is 28.3 Å². The van der Waals surface area contributed by atoms with Crippen molar-refractivity contribution in [2.24, 2.45) is 22.7 Å². The molecule has 0 aliphatic carbocycles. The maximum atomic E-state index is 7.06. The average molecular weight is 981 g/mol. The van der Waals surface area contributed by atoms with Crippen molar-refractivity contribution in [2.45, 2.75) is 132 Å². The Morgan fingerprint density at radius 2 is 1.47 bits per heavy atom. The van der Waals surface area contributed by atoms with E-state index in [0.29, 0.717) is 53.6 Å². The summed E-state index contributed by atoms with van der Waals surface area (Å²) in [4.78, 5) is 10.4. The minimum Gasteiger partial charge on any atom is -0.518 e. The zero-order valence-electron chi connectivity index (χ0n) is 38.4. The minimum absolute atomic E-state index is 0. The number of hydrogen-bond acceptors (Lipinski definition) is 4. The van der Waals surface area contributed by atoms with Crippen molar-refractivity contribution < 1.29 is 30.5 Å². The van der Waals surface area contributed by atoms with E-state index in [1.165, 1.54) is 44.3 Å². The maximum Gasteiger partial charge on any atom is 2.00 e. The van der Waals surface area contributed by atoms with Crippen LogP contribution in [0.1, 0.15) is 148 Å². The van der Waals surface area contributed by atoms with Gasteiger partial charge in [-0.3, -0.25) is 4.99 Å². The largest absolute Gasteiger partial charge is 2.00 e. The molecule has 0 bridgehead atoms. The van der Waals surface area contributed by atoms with Gasteiger partial charge < -0.3 is 14.0 Å². The SMILES string of the molecule is Cc1cc2c([c-]c1Oc1[c-]c(C3=N[C@](C)(C(C(C)C)C(C)C)CO3)cc(-c3c(C(C)C)cccc3C(C)C)c1)-n1c3ncccc3c3cc(C(C)(C)C)cc(c31)C2(C)C.[Pt+2]. The molecule has 1 atom stereocenters. The molecule has 0 fully saturated rings. The number of aliphatic imine (C=N–C) groups is 1. The number of aryl methyl sites for hydroxylation is 1. The molecule has 0 saturated carbocycles. The van der Waals surface area contributed by atoms with Gasteiger partial charge in [0.25, 0.3) is 0 Å². The number of rotatable bonds is 9. The van der Waals surface area contributed by atoms with Crippen LogP contribution in [0.15, 0.2) is 71.9 Å². The van der Waals surface area contributed by atoms with Crippen molar-refractivity contribution in [3.05, 3.63) is 118 Å². The van der Waals surface area contributed by atoms with Crippen LogP contribution in [0, 0.1) is 36.8 Å². The van der Waals surface area contributed by atoms with E-state index in [1.54, 1.807) is 0 Å². The summed E-state index contributed by atoms with van der Waals surface area (Å²) in [7, 11) is 0. The molecule has 4 heterocycles. The van der Waals surface area contributed by atoms with Crippen LogP contribution >= 0.6 is 0 Å². The van der Waals surface area contributed by atoms with E-state index in [2.05, 4.69) is 175 Å². The summed E-state index contributed by atoms with van der Waals surface area (Å²) in [5.74, 6) is 3.84. The molecular weight excluding hydrogens is 918 g/mol. The molecular formula is C54H63N3O2Pt. The quantitative estimate of drug-likeness (QED) is 0.136. The Morgan fingerprint density at radius 1 is 0.800 bits per heavy atom. The summed E-state index contributed by atoms with van der Waals surface area (Å²) < 4.78 is 16.0. The first-order valence-electron chi connectivity index (χ1n) is 21.8. The molecule has 4 aromatic carbocycles. The van der Waals surface area contributed by atoms with E-state index in [4.69, 9.17) is 19.5 Å². The molecule has 0 saturated heterocycles. The standard InChI is InChI=1S/C54H63N3O2.Pt/c1-30(2)39-18-16-19-40(31(3)4)47(39)35-23-36(51-56-54(15,29-58-51)48(32(5)6)33(7)8)25-38(24-35)59-46-28-45-43(22-34(46)9)53(13,14)44-27-37(52(10,11)12)26-42-41-20-17-21-55-50(41)57(45)49(42)44;/h16-24,26-27,30-33,48H,29H2,1-15H3;/q-2;+2/t54-;/m0./s1. The van der Waals surface area contributed by atoms with Gasteiger partial charge in [0.05, 0.1) is 11.1 Å². The van der Waals surface area contributed by atoms with Gasteiger partial charge in [-0.15, -0.1) is 23.3 Å². The van der Waals surface area contributed by atoms with E-state index in [-0.39, 0.29) is 37.4 Å². The number of nitrogens with zero attached hydrogens (tertiary/aromatic N) is 3. The number of ether oxygens (including phenoxy) is 2. The van der Waals surface area contributed by atoms with Crippen molar-refractivity contribution in [1.29, 1.82) is 0 Å². The number of aromatic nitrogens is 2. The van der Waals surface area contributed by atoms with E-state index < -0.39 is 0 Å². The first-order valence-corrected chi connectivity index (χ1v) is 21.8. The molecule has 316 valence electrons. The molecule has 2 aliphatic rings. The molecule has 2 aromatic heterocycles. The van der Waals surface area contributed by atoms with Crippen molar-refractivity contribution in [1.82, 2.24) is 9.55 Å². The van der Waals surface area contributed by atoms with Crippen LogP contribution in [0.2, 0.25) is 0 Å². The van der Waals surface area contributed by atoms with Crippen LogP contribution in [0.3, 0.4) is 0 Å². The van der Waals surface area contributed by atoms with Crippen molar-refractivity contribution in [2.75, 3.05) is 6.61 Å². The monoisotopic (exact) mass is 980 g/mol. The molecule has 8 rings (SSSR count). The summed E-state index contributed by atoms with van der Waals surface area (Å²) in [6, 6.07) is 29.9. The molecule has 60 heavy (non-hydrogen) atoms. The van der Waals surface area contributed by atoms with Crippen LogP contribution in [-0.4, -0.2) is 27.6 Å². The summed E-state index contributed by atoms with van der Waals surface area (Å²) >= 11 is 0. The van der Waals surface area contributed by atoms with Crippen LogP contribution in [0.5, 0.6) is 11.5 Å². The molecule has 0 radical (unpaired) electrons. The van der Waals surface area contributed by atoms with Crippen LogP contribution in [0.4, 0.5) is 0 Å². The summed E-state index contributed by atoms with van der Waals surface area (Å²) in [5.41, 5.74) is 13.0. The molecule has 5 nitrogen and oxygen atoms in total. The Morgan fingerprint density at radius 3 is 2.08 bits per heavy atom. The second-order valence-electron chi connectivity index (χ2n) is 20.5. The summed E-state index contributed by atoms with van der Waals surface area (Å²) in [5, 5.41) is 2.37. The van der Waals surface area contributed by atoms with Gasteiger partial charge in [-0.2, -0.15) is 6.07 Å². The summed E-state index contributed by atoms with van der Waals surface area (Å²) in [6.45, 7) is 34.8. The van der Waals surface area contributed by atoms with Gasteiger partial charge >= 0.3 is 21.1 Å². The third kappa shape index (κ3) is 7.25. The van der Waals surface area contributed by atoms with Crippen LogP contribution in [0.25, 0.3) is 38.8 Å². The van der Waals surface area contributed by atoms with Gasteiger partial charge in [0.15, 0.2) is 0 Å². The molecule has 6 heteroatoms. The second kappa shape index (κ2) is 15.6. The molecule has 6 aromatic rings. The van der Waals surface area contributed by atoms with Crippen molar-refractivity contribution in [3.63, 3.8) is 0 Å². The second-order valence-corrected chi connectivity index (χ2v) is 20.5. The average Bonchev–Trinajstić information content (AvgIpc) is 3.72. The van der Waals surface area contributed by atoms with Gasteiger partial charge in [-0.1, -0.05) is 150 Å². The molecule has 0 N–H and O–H groups in total. The third-order valence-electron chi connectivity index (χ3n) is 13.2. The summed E-state index contributed by atoms with van der Waals surface area (Å²) in [6.07, 6.45) is 1.89. The Bertz CT molecular complexity index is 2620. The van der Waals surface area contributed by atoms with E-state index >= 15 is 0 Å². The fourth-order valence-corrected chi connectivity index (χ4v) is 10.5. The molecule has 2 aliphatic heterocycles. The zero-order valence-corrected chi connectivity index (χ0v) is 40.7. The van der Waals surface area contributed by atoms with E-state index in [1.807, 2.05) is 12.3 Å². The van der Waals surface area contributed by atoms with E-state index in [0.717, 1.165) is 33.4 Å². The van der Waals surface area contributed by atoms with Gasteiger partial charge in [0, 0.05) is 28.5 Å². The normalized spacial score (nSPS) is 17.2. The first kappa shape index (κ1) is 43.9. The first-order chi connectivity index (χ1) is 27.7. The van der Waals surface area contributed by atoms with Crippen molar-refractivity contribution >= 4 is 27.8 Å². The zero-order chi connectivity index (χ0) is 42.5. The van der Waals surface area contributed by atoms with Crippen LogP contribution < -0.4 is 4.74 Å². The number of fused-ring (bicyclic) bond motifs is 5. The number of benzene rings is 4. The number of hydrogen-bond donors (Lipinski definition) is 0. The minimum atomic E-state index is -0.347. The Hall–Kier alpha value is -4.21. The van der Waals surface area contributed by atoms with Gasteiger partial charge in [0.1, 0.15) is 18.2 Å². The fourth-order valence-electron chi connectivity index (χ4n) is 10.5.